The average molecular weight is 252 g/mol. The molecule has 0 fully saturated rings. The lowest BCUT2D eigenvalue weighted by atomic mass is 10.3. The molecule has 0 aromatic heterocycles. The minimum absolute atomic E-state index is 0.695. The van der Waals surface area contributed by atoms with Gasteiger partial charge in [0.25, 0.3) is 0 Å². The number of rotatable bonds is 9. The van der Waals surface area contributed by atoms with E-state index in [0.717, 1.165) is 42.9 Å². The van der Waals surface area contributed by atoms with Gasteiger partial charge in [0.2, 0.25) is 5.75 Å². The zero-order valence-electron chi connectivity index (χ0n) is 11.7. The van der Waals surface area contributed by atoms with Crippen LogP contribution in [-0.4, -0.2) is 20.3 Å². The Morgan fingerprint density at radius 3 is 2.11 bits per heavy atom. The minimum Gasteiger partial charge on any atom is -0.493 e. The first-order valence-electron chi connectivity index (χ1n) is 6.76. The quantitative estimate of drug-likeness (QED) is 0.620. The van der Waals surface area contributed by atoms with Crippen molar-refractivity contribution in [3.8, 4) is 17.2 Å². The molecule has 0 aliphatic rings. The van der Waals surface area contributed by atoms with E-state index >= 15 is 0 Å². The van der Waals surface area contributed by atoms with Crippen molar-refractivity contribution in [1.29, 1.82) is 0 Å². The normalized spacial score (nSPS) is 10.2. The third-order valence-corrected chi connectivity index (χ3v) is 2.66. The fourth-order valence-corrected chi connectivity index (χ4v) is 1.56. The second kappa shape index (κ2) is 8.67. The first-order valence-corrected chi connectivity index (χ1v) is 6.76. The van der Waals surface area contributed by atoms with Crippen LogP contribution in [0.2, 0.25) is 0 Å². The van der Waals surface area contributed by atoms with E-state index in [2.05, 4.69) is 13.8 Å². The molecule has 0 saturated heterocycles. The molecule has 0 spiro atoms. The highest BCUT2D eigenvalue weighted by atomic mass is 16.5. The number of methoxy groups -OCH3 is 1. The third kappa shape index (κ3) is 4.47. The smallest absolute Gasteiger partial charge is 0.203 e. The lowest BCUT2D eigenvalue weighted by Gasteiger charge is -2.15. The number of ether oxygens (including phenoxy) is 3. The van der Waals surface area contributed by atoms with Gasteiger partial charge < -0.3 is 14.2 Å². The molecule has 0 atom stereocenters. The predicted octanol–water partition coefficient (Wildman–Crippen LogP) is 4.05. The number of benzene rings is 1. The van der Waals surface area contributed by atoms with Crippen LogP contribution >= 0.6 is 0 Å². The fourth-order valence-electron chi connectivity index (χ4n) is 1.56. The van der Waals surface area contributed by atoms with Gasteiger partial charge in [-0.2, -0.15) is 0 Å². The standard InChI is InChI=1S/C15H24O3/c1-4-6-11-17-14-10-8-9-13(16-3)15(14)18-12-7-5-2/h8-10H,4-7,11-12H2,1-3H3. The largest absolute Gasteiger partial charge is 0.493 e. The Morgan fingerprint density at radius 1 is 0.889 bits per heavy atom. The molecule has 0 aliphatic carbocycles. The third-order valence-electron chi connectivity index (χ3n) is 2.66. The van der Waals surface area contributed by atoms with Gasteiger partial charge in [-0.25, -0.2) is 0 Å². The van der Waals surface area contributed by atoms with Crippen LogP contribution in [0.3, 0.4) is 0 Å². The van der Waals surface area contributed by atoms with Crippen LogP contribution in [-0.2, 0) is 0 Å². The Hall–Kier alpha value is -1.38. The topological polar surface area (TPSA) is 27.7 Å². The van der Waals surface area contributed by atoms with Crippen LogP contribution in [0.25, 0.3) is 0 Å². The van der Waals surface area contributed by atoms with E-state index in [1.165, 1.54) is 0 Å². The lowest BCUT2D eigenvalue weighted by Crippen LogP contribution is -2.03. The Kier molecular flexibility index (Phi) is 7.07. The average Bonchev–Trinajstić information content (AvgIpc) is 2.40. The summed E-state index contributed by atoms with van der Waals surface area (Å²) in [6.07, 6.45) is 4.31. The van der Waals surface area contributed by atoms with E-state index in [1.807, 2.05) is 18.2 Å². The maximum Gasteiger partial charge on any atom is 0.203 e. The highest BCUT2D eigenvalue weighted by molar-refractivity contribution is 5.51. The molecule has 3 nitrogen and oxygen atoms in total. The van der Waals surface area contributed by atoms with Crippen molar-refractivity contribution in [3.05, 3.63) is 18.2 Å². The monoisotopic (exact) mass is 252 g/mol. The molecule has 0 unspecified atom stereocenters. The zero-order chi connectivity index (χ0) is 13.2. The first-order chi connectivity index (χ1) is 8.83. The van der Waals surface area contributed by atoms with Gasteiger partial charge >= 0.3 is 0 Å². The molecule has 0 N–H and O–H groups in total. The minimum atomic E-state index is 0.695. The second-order valence-electron chi connectivity index (χ2n) is 4.19. The SMILES string of the molecule is CCCCOc1cccc(OC)c1OCCCC. The van der Waals surface area contributed by atoms with Gasteiger partial charge in [0.1, 0.15) is 0 Å². The van der Waals surface area contributed by atoms with Crippen LogP contribution in [0.1, 0.15) is 39.5 Å². The van der Waals surface area contributed by atoms with Crippen LogP contribution in [0.15, 0.2) is 18.2 Å². The van der Waals surface area contributed by atoms with Crippen molar-refractivity contribution in [3.63, 3.8) is 0 Å². The van der Waals surface area contributed by atoms with E-state index in [-0.39, 0.29) is 0 Å². The van der Waals surface area contributed by atoms with Gasteiger partial charge in [-0.05, 0) is 25.0 Å². The summed E-state index contributed by atoms with van der Waals surface area (Å²) in [5, 5.41) is 0. The molecule has 0 saturated carbocycles. The Morgan fingerprint density at radius 2 is 1.50 bits per heavy atom. The van der Waals surface area contributed by atoms with Crippen molar-refractivity contribution in [2.45, 2.75) is 39.5 Å². The van der Waals surface area contributed by atoms with E-state index in [0.29, 0.717) is 13.2 Å². The molecule has 3 heteroatoms. The van der Waals surface area contributed by atoms with Gasteiger partial charge in [0, 0.05) is 0 Å². The highest BCUT2D eigenvalue weighted by Crippen LogP contribution is 2.37. The molecule has 0 heterocycles. The first kappa shape index (κ1) is 14.7. The molecule has 1 rings (SSSR count). The number of hydrogen-bond acceptors (Lipinski definition) is 3. The second-order valence-corrected chi connectivity index (χ2v) is 4.19. The van der Waals surface area contributed by atoms with Gasteiger partial charge in [0.15, 0.2) is 11.5 Å². The molecule has 0 radical (unpaired) electrons. The molecular formula is C15H24O3. The summed E-state index contributed by atoms with van der Waals surface area (Å²) in [6, 6.07) is 5.75. The summed E-state index contributed by atoms with van der Waals surface area (Å²) >= 11 is 0. The van der Waals surface area contributed by atoms with Crippen molar-refractivity contribution in [1.82, 2.24) is 0 Å². The number of para-hydroxylation sites is 1. The highest BCUT2D eigenvalue weighted by Gasteiger charge is 2.11. The van der Waals surface area contributed by atoms with Crippen LogP contribution in [0.4, 0.5) is 0 Å². The summed E-state index contributed by atoms with van der Waals surface area (Å²) < 4.78 is 16.8. The molecular weight excluding hydrogens is 228 g/mol. The summed E-state index contributed by atoms with van der Waals surface area (Å²) in [4.78, 5) is 0. The fraction of sp³-hybridized carbons (Fsp3) is 0.600. The van der Waals surface area contributed by atoms with Crippen molar-refractivity contribution in [2.75, 3.05) is 20.3 Å². The molecule has 18 heavy (non-hydrogen) atoms. The number of unbranched alkanes of at least 4 members (excludes halogenated alkanes) is 2. The van der Waals surface area contributed by atoms with E-state index in [4.69, 9.17) is 14.2 Å². The maximum atomic E-state index is 5.78. The lowest BCUT2D eigenvalue weighted by molar-refractivity contribution is 0.250. The van der Waals surface area contributed by atoms with Gasteiger partial charge in [-0.15, -0.1) is 0 Å². The van der Waals surface area contributed by atoms with Gasteiger partial charge in [0.05, 0.1) is 20.3 Å². The van der Waals surface area contributed by atoms with E-state index in [9.17, 15) is 0 Å². The van der Waals surface area contributed by atoms with Crippen molar-refractivity contribution >= 4 is 0 Å². The summed E-state index contributed by atoms with van der Waals surface area (Å²) in [7, 11) is 1.65. The summed E-state index contributed by atoms with van der Waals surface area (Å²) in [6.45, 7) is 5.70. The summed E-state index contributed by atoms with van der Waals surface area (Å²) in [5.41, 5.74) is 0. The van der Waals surface area contributed by atoms with Crippen LogP contribution in [0, 0.1) is 0 Å². The molecule has 1 aromatic carbocycles. The maximum absolute atomic E-state index is 5.78. The van der Waals surface area contributed by atoms with Crippen LogP contribution < -0.4 is 14.2 Å². The van der Waals surface area contributed by atoms with E-state index in [1.54, 1.807) is 7.11 Å². The van der Waals surface area contributed by atoms with Crippen LogP contribution in [0.5, 0.6) is 17.2 Å². The Bertz CT molecular complexity index is 337. The van der Waals surface area contributed by atoms with Crippen molar-refractivity contribution < 1.29 is 14.2 Å². The molecule has 0 bridgehead atoms. The molecule has 0 amide bonds. The molecule has 102 valence electrons. The van der Waals surface area contributed by atoms with Gasteiger partial charge in [-0.1, -0.05) is 32.8 Å². The molecule has 1 aromatic rings. The van der Waals surface area contributed by atoms with Gasteiger partial charge in [-0.3, -0.25) is 0 Å². The Balaban J connectivity index is 2.72. The summed E-state index contributed by atoms with van der Waals surface area (Å²) in [5.74, 6) is 2.24. The van der Waals surface area contributed by atoms with E-state index < -0.39 is 0 Å². The Labute approximate surface area is 110 Å². The predicted molar refractivity (Wildman–Crippen MR) is 73.8 cm³/mol. The van der Waals surface area contributed by atoms with Crippen molar-refractivity contribution in [2.24, 2.45) is 0 Å². The number of hydrogen-bond donors (Lipinski definition) is 0. The molecule has 0 aliphatic heterocycles. The zero-order valence-corrected chi connectivity index (χ0v) is 11.7.